The maximum atomic E-state index is 13.9. The largest absolute Gasteiger partial charge is 0.368 e. The molecule has 36 heavy (non-hydrogen) atoms. The molecule has 3 atom stereocenters. The third-order valence-corrected chi connectivity index (χ3v) is 6.68. The van der Waals surface area contributed by atoms with Crippen LogP contribution in [0, 0.1) is 23.4 Å². The molecule has 1 aliphatic heterocycles. The van der Waals surface area contributed by atoms with Crippen molar-refractivity contribution in [3.8, 4) is 0 Å². The Kier molecular flexibility index (Phi) is 7.47. The zero-order valence-corrected chi connectivity index (χ0v) is 19.9. The molecule has 2 aromatic carbocycles. The van der Waals surface area contributed by atoms with Crippen molar-refractivity contribution in [2.75, 3.05) is 6.54 Å². The monoisotopic (exact) mass is 499 g/mol. The predicted molar refractivity (Wildman–Crippen MR) is 127 cm³/mol. The Balaban J connectivity index is 1.67. The number of nitrogens with zero attached hydrogens (tertiary/aromatic N) is 2. The van der Waals surface area contributed by atoms with Gasteiger partial charge >= 0.3 is 0 Å². The molecule has 0 radical (unpaired) electrons. The summed E-state index contributed by atoms with van der Waals surface area (Å²) in [7, 11) is 0. The molecule has 0 saturated heterocycles. The highest BCUT2D eigenvalue weighted by Gasteiger charge is 2.41. The lowest BCUT2D eigenvalue weighted by Crippen LogP contribution is -2.57. The number of nitrogens with two attached hydrogens (primary N) is 1. The van der Waals surface area contributed by atoms with E-state index < -0.39 is 53.8 Å². The lowest BCUT2D eigenvalue weighted by Gasteiger charge is -2.38. The fourth-order valence-electron chi connectivity index (χ4n) is 4.61. The molecule has 3 amide bonds. The summed E-state index contributed by atoms with van der Waals surface area (Å²) in [6, 6.07) is 6.01. The standard InChI is InChI=1S/C27H28F3N3O3/c1-16(26(31)35)33(25(34)13-18-11-21(29)14-22(30)12-18)24-4-2-3-23(19-7-9-20(28)10-8-19)32(27(24)36)15-17-5-6-17/h2-3,7-12,14,16-17,23-24H,4-6,13,15H2,1H3,(H2,31,35)/t16-,23-,24-/m0/s1. The van der Waals surface area contributed by atoms with Crippen molar-refractivity contribution in [1.82, 2.24) is 9.80 Å². The molecule has 1 aliphatic carbocycles. The molecule has 2 N–H and O–H groups in total. The van der Waals surface area contributed by atoms with Gasteiger partial charge in [-0.1, -0.05) is 24.3 Å². The van der Waals surface area contributed by atoms with Crippen LogP contribution in [0.25, 0.3) is 0 Å². The SMILES string of the molecule is C[C@@H](C(N)=O)N(C(=O)Cc1cc(F)cc(F)c1)[C@H]1CC=C[C@@H](c2ccc(F)cc2)N(CC2CC2)C1=O. The lowest BCUT2D eigenvalue weighted by atomic mass is 10.0. The maximum Gasteiger partial charge on any atom is 0.246 e. The second kappa shape index (κ2) is 10.6. The first-order chi connectivity index (χ1) is 17.1. The average molecular weight is 500 g/mol. The Morgan fingerprint density at radius 3 is 2.28 bits per heavy atom. The van der Waals surface area contributed by atoms with E-state index in [9.17, 15) is 27.6 Å². The van der Waals surface area contributed by atoms with Gasteiger partial charge in [-0.3, -0.25) is 14.4 Å². The Labute approximate surface area is 207 Å². The van der Waals surface area contributed by atoms with Crippen LogP contribution in [0.15, 0.2) is 54.6 Å². The number of hydrogen-bond donors (Lipinski definition) is 1. The van der Waals surface area contributed by atoms with E-state index >= 15 is 0 Å². The Bertz CT molecular complexity index is 1160. The summed E-state index contributed by atoms with van der Waals surface area (Å²) >= 11 is 0. The molecule has 6 nitrogen and oxygen atoms in total. The molecule has 1 heterocycles. The van der Waals surface area contributed by atoms with Gasteiger partial charge < -0.3 is 15.5 Å². The molecule has 0 bridgehead atoms. The second-order valence-corrected chi connectivity index (χ2v) is 9.44. The molecule has 9 heteroatoms. The molecular formula is C27H28F3N3O3. The molecule has 0 unspecified atom stereocenters. The van der Waals surface area contributed by atoms with Crippen molar-refractivity contribution in [1.29, 1.82) is 0 Å². The minimum Gasteiger partial charge on any atom is -0.368 e. The Morgan fingerprint density at radius 1 is 1.06 bits per heavy atom. The average Bonchev–Trinajstić information content (AvgIpc) is 3.64. The smallest absolute Gasteiger partial charge is 0.246 e. The number of benzene rings is 2. The third kappa shape index (κ3) is 5.78. The van der Waals surface area contributed by atoms with Crippen molar-refractivity contribution < 1.29 is 27.6 Å². The summed E-state index contributed by atoms with van der Waals surface area (Å²) in [6.45, 7) is 1.88. The number of carbonyl (C=O) groups excluding carboxylic acids is 3. The highest BCUT2D eigenvalue weighted by Crippen LogP contribution is 2.36. The third-order valence-electron chi connectivity index (χ3n) is 6.68. The van der Waals surface area contributed by atoms with Gasteiger partial charge in [0.2, 0.25) is 17.7 Å². The molecule has 0 spiro atoms. The van der Waals surface area contributed by atoms with Gasteiger partial charge in [-0.2, -0.15) is 0 Å². The molecule has 1 saturated carbocycles. The molecule has 190 valence electrons. The van der Waals surface area contributed by atoms with Gasteiger partial charge in [-0.15, -0.1) is 0 Å². The van der Waals surface area contributed by atoms with Crippen LogP contribution >= 0.6 is 0 Å². The zero-order valence-electron chi connectivity index (χ0n) is 19.9. The van der Waals surface area contributed by atoms with Crippen LogP contribution in [-0.2, 0) is 20.8 Å². The minimum absolute atomic E-state index is 0.0785. The van der Waals surface area contributed by atoms with E-state index in [0.717, 1.165) is 35.4 Å². The van der Waals surface area contributed by atoms with Crippen molar-refractivity contribution in [3.63, 3.8) is 0 Å². The molecule has 0 aromatic heterocycles. The van der Waals surface area contributed by atoms with Crippen LogP contribution in [0.4, 0.5) is 13.2 Å². The summed E-state index contributed by atoms with van der Waals surface area (Å²) in [4.78, 5) is 42.3. The highest BCUT2D eigenvalue weighted by atomic mass is 19.1. The lowest BCUT2D eigenvalue weighted by molar-refractivity contribution is -0.150. The van der Waals surface area contributed by atoms with Crippen molar-refractivity contribution in [2.45, 2.75) is 50.7 Å². The fraction of sp³-hybridized carbons (Fsp3) is 0.370. The number of amides is 3. The van der Waals surface area contributed by atoms with Crippen LogP contribution in [0.5, 0.6) is 0 Å². The van der Waals surface area contributed by atoms with Crippen molar-refractivity contribution in [3.05, 3.63) is 83.2 Å². The van der Waals surface area contributed by atoms with E-state index in [4.69, 9.17) is 5.73 Å². The van der Waals surface area contributed by atoms with Crippen LogP contribution in [-0.4, -0.2) is 46.1 Å². The van der Waals surface area contributed by atoms with E-state index in [1.54, 1.807) is 23.1 Å². The van der Waals surface area contributed by atoms with Crippen LogP contribution in [0.3, 0.4) is 0 Å². The normalized spacial score (nSPS) is 20.7. The van der Waals surface area contributed by atoms with Gasteiger partial charge in [-0.25, -0.2) is 13.2 Å². The molecule has 2 aliphatic rings. The van der Waals surface area contributed by atoms with Crippen LogP contribution in [0.2, 0.25) is 0 Å². The van der Waals surface area contributed by atoms with E-state index in [0.29, 0.717) is 18.5 Å². The first-order valence-electron chi connectivity index (χ1n) is 11.9. The number of halogens is 3. The first kappa shape index (κ1) is 25.5. The van der Waals surface area contributed by atoms with Crippen molar-refractivity contribution >= 4 is 17.7 Å². The van der Waals surface area contributed by atoms with Gasteiger partial charge in [0.1, 0.15) is 29.5 Å². The molecular weight excluding hydrogens is 471 g/mol. The minimum atomic E-state index is -1.14. The number of hydrogen-bond acceptors (Lipinski definition) is 3. The number of rotatable bonds is 8. The highest BCUT2D eigenvalue weighted by molar-refractivity contribution is 5.93. The van der Waals surface area contributed by atoms with Crippen LogP contribution < -0.4 is 5.73 Å². The Morgan fingerprint density at radius 2 is 1.69 bits per heavy atom. The van der Waals surface area contributed by atoms with E-state index in [1.807, 2.05) is 6.08 Å². The summed E-state index contributed by atoms with van der Waals surface area (Å²) in [6.07, 6.45) is 5.26. The number of primary amides is 1. The van der Waals surface area contributed by atoms with Gasteiger partial charge in [0.05, 0.1) is 12.5 Å². The Hall–Kier alpha value is -3.62. The second-order valence-electron chi connectivity index (χ2n) is 9.44. The van der Waals surface area contributed by atoms with E-state index in [2.05, 4.69) is 0 Å². The summed E-state index contributed by atoms with van der Waals surface area (Å²) in [5, 5.41) is 0. The van der Waals surface area contributed by atoms with E-state index in [1.165, 1.54) is 19.1 Å². The summed E-state index contributed by atoms with van der Waals surface area (Å²) in [5.74, 6) is -3.57. The first-order valence-corrected chi connectivity index (χ1v) is 11.9. The molecule has 4 rings (SSSR count). The van der Waals surface area contributed by atoms with Gasteiger partial charge in [0.25, 0.3) is 0 Å². The summed E-state index contributed by atoms with van der Waals surface area (Å²) < 4.78 is 41.0. The topological polar surface area (TPSA) is 83.7 Å². The number of carbonyl (C=O) groups is 3. The van der Waals surface area contributed by atoms with Gasteiger partial charge in [0, 0.05) is 12.6 Å². The molecule has 2 aromatic rings. The quantitative estimate of drug-likeness (QED) is 0.563. The van der Waals surface area contributed by atoms with Crippen LogP contribution in [0.1, 0.15) is 43.4 Å². The summed E-state index contributed by atoms with van der Waals surface area (Å²) in [5.41, 5.74) is 6.33. The van der Waals surface area contributed by atoms with Crippen molar-refractivity contribution in [2.24, 2.45) is 11.7 Å². The fourth-order valence-corrected chi connectivity index (χ4v) is 4.61. The van der Waals surface area contributed by atoms with Gasteiger partial charge in [0.15, 0.2) is 0 Å². The zero-order chi connectivity index (χ0) is 26.0. The molecule has 1 fully saturated rings. The van der Waals surface area contributed by atoms with Gasteiger partial charge in [-0.05, 0) is 67.5 Å². The predicted octanol–water partition coefficient (Wildman–Crippen LogP) is 3.66. The van der Waals surface area contributed by atoms with E-state index in [-0.39, 0.29) is 17.9 Å². The maximum absolute atomic E-state index is 13.9.